The van der Waals surface area contributed by atoms with Crippen molar-refractivity contribution in [2.45, 2.75) is 19.4 Å². The van der Waals surface area contributed by atoms with Crippen molar-refractivity contribution in [3.05, 3.63) is 34.9 Å². The van der Waals surface area contributed by atoms with Crippen LogP contribution in [0, 0.1) is 18.6 Å². The number of hydrogen-bond donors (Lipinski definition) is 1. The van der Waals surface area contributed by atoms with Gasteiger partial charge >= 0.3 is 0 Å². The van der Waals surface area contributed by atoms with Gasteiger partial charge in [-0.1, -0.05) is 6.07 Å². The lowest BCUT2D eigenvalue weighted by Gasteiger charge is -2.13. The first-order chi connectivity index (χ1) is 6.57. The molecule has 0 amide bonds. The zero-order valence-corrected chi connectivity index (χ0v) is 7.86. The van der Waals surface area contributed by atoms with Crippen molar-refractivity contribution in [3.8, 4) is 0 Å². The van der Waals surface area contributed by atoms with Crippen LogP contribution in [-0.2, 0) is 0 Å². The second-order valence-electron chi connectivity index (χ2n) is 3.18. The van der Waals surface area contributed by atoms with Gasteiger partial charge in [0.2, 0.25) is 0 Å². The fourth-order valence-corrected chi connectivity index (χ4v) is 1.28. The Balaban J connectivity index is 3.11. The molecule has 1 nitrogen and oxygen atoms in total. The van der Waals surface area contributed by atoms with Gasteiger partial charge in [0, 0.05) is 11.6 Å². The molecule has 0 saturated carbocycles. The van der Waals surface area contributed by atoms with Crippen LogP contribution in [0.3, 0.4) is 0 Å². The molecule has 0 heterocycles. The lowest BCUT2D eigenvalue weighted by atomic mass is 10.0. The predicted molar refractivity (Wildman–Crippen MR) is 48.6 cm³/mol. The smallest absolute Gasteiger partial charge is 0.133 e. The van der Waals surface area contributed by atoms with Crippen LogP contribution in [0.1, 0.15) is 23.6 Å². The highest BCUT2D eigenvalue weighted by Crippen LogP contribution is 2.23. The topological polar surface area (TPSA) is 26.0 Å². The Morgan fingerprint density at radius 3 is 2.57 bits per heavy atom. The maximum Gasteiger partial charge on any atom is 0.133 e. The van der Waals surface area contributed by atoms with Crippen molar-refractivity contribution in [2.75, 3.05) is 6.67 Å². The highest BCUT2D eigenvalue weighted by atomic mass is 19.1. The lowest BCUT2D eigenvalue weighted by Crippen LogP contribution is -2.15. The highest BCUT2D eigenvalue weighted by Gasteiger charge is 2.17. The molecule has 2 N–H and O–H groups in total. The molecule has 0 spiro atoms. The third kappa shape index (κ3) is 2.07. The van der Waals surface area contributed by atoms with Gasteiger partial charge in [0.25, 0.3) is 0 Å². The number of halogens is 3. The summed E-state index contributed by atoms with van der Waals surface area (Å²) >= 11 is 0. The summed E-state index contributed by atoms with van der Waals surface area (Å²) < 4.78 is 38.5. The van der Waals surface area contributed by atoms with Crippen LogP contribution in [0.5, 0.6) is 0 Å². The van der Waals surface area contributed by atoms with Crippen molar-refractivity contribution in [1.29, 1.82) is 0 Å². The van der Waals surface area contributed by atoms with Gasteiger partial charge < -0.3 is 5.73 Å². The SMILES string of the molecule is Cc1ccc(F)c([C@@H](N)CCF)c1F. The fraction of sp³-hybridized carbons (Fsp3) is 0.400. The Labute approximate surface area is 80.7 Å². The van der Waals surface area contributed by atoms with E-state index in [1.54, 1.807) is 0 Å². The van der Waals surface area contributed by atoms with Crippen LogP contribution >= 0.6 is 0 Å². The molecule has 0 unspecified atom stereocenters. The van der Waals surface area contributed by atoms with Gasteiger partial charge in [-0.15, -0.1) is 0 Å². The molecule has 1 aromatic rings. The summed E-state index contributed by atoms with van der Waals surface area (Å²) in [6, 6.07) is 1.56. The van der Waals surface area contributed by atoms with Crippen molar-refractivity contribution < 1.29 is 13.2 Å². The van der Waals surface area contributed by atoms with E-state index in [1.165, 1.54) is 13.0 Å². The molecule has 14 heavy (non-hydrogen) atoms. The van der Waals surface area contributed by atoms with Gasteiger partial charge in [0.05, 0.1) is 6.67 Å². The molecule has 0 aromatic heterocycles. The highest BCUT2D eigenvalue weighted by molar-refractivity contribution is 5.28. The van der Waals surface area contributed by atoms with Crippen molar-refractivity contribution in [2.24, 2.45) is 5.73 Å². The first-order valence-corrected chi connectivity index (χ1v) is 4.34. The molecule has 1 atom stereocenters. The van der Waals surface area contributed by atoms with E-state index in [0.717, 1.165) is 6.07 Å². The van der Waals surface area contributed by atoms with E-state index in [1.807, 2.05) is 0 Å². The third-order valence-corrected chi connectivity index (χ3v) is 2.11. The van der Waals surface area contributed by atoms with Gasteiger partial charge in [0.15, 0.2) is 0 Å². The summed E-state index contributed by atoms with van der Waals surface area (Å²) in [7, 11) is 0. The van der Waals surface area contributed by atoms with E-state index >= 15 is 0 Å². The van der Waals surface area contributed by atoms with Gasteiger partial charge in [-0.3, -0.25) is 4.39 Å². The minimum Gasteiger partial charge on any atom is -0.324 e. The van der Waals surface area contributed by atoms with Gasteiger partial charge in [-0.05, 0) is 25.0 Å². The van der Waals surface area contributed by atoms with E-state index in [0.29, 0.717) is 5.56 Å². The summed E-state index contributed by atoms with van der Waals surface area (Å²) in [5, 5.41) is 0. The molecule has 0 aliphatic carbocycles. The molecule has 1 aromatic carbocycles. The van der Waals surface area contributed by atoms with Crippen LogP contribution < -0.4 is 5.73 Å². The number of rotatable bonds is 3. The normalized spacial score (nSPS) is 12.9. The largest absolute Gasteiger partial charge is 0.324 e. The van der Waals surface area contributed by atoms with Crippen molar-refractivity contribution >= 4 is 0 Å². The summed E-state index contributed by atoms with van der Waals surface area (Å²) in [6.45, 7) is 0.828. The second kappa shape index (κ2) is 4.46. The number of alkyl halides is 1. The number of hydrogen-bond acceptors (Lipinski definition) is 1. The summed E-state index contributed by atoms with van der Waals surface area (Å²) in [6.07, 6.45) is -0.0721. The zero-order valence-electron chi connectivity index (χ0n) is 7.86. The molecule has 1 rings (SSSR count). The maximum absolute atomic E-state index is 13.4. The molecule has 78 valence electrons. The molecule has 0 aliphatic rings. The van der Waals surface area contributed by atoms with Crippen LogP contribution in [0.2, 0.25) is 0 Å². The van der Waals surface area contributed by atoms with Crippen LogP contribution in [0.4, 0.5) is 13.2 Å². The standard InChI is InChI=1S/C10H12F3N/c1-6-2-3-7(12)9(10(6)13)8(14)4-5-11/h2-3,8H,4-5,14H2,1H3/t8-/m0/s1. The molecule has 0 radical (unpaired) electrons. The first kappa shape index (κ1) is 11.0. The molecule has 0 aliphatic heterocycles. The number of nitrogens with two attached hydrogens (primary N) is 1. The van der Waals surface area contributed by atoms with E-state index in [2.05, 4.69) is 0 Å². The number of aryl methyl sites for hydroxylation is 1. The van der Waals surface area contributed by atoms with E-state index < -0.39 is 24.4 Å². The van der Waals surface area contributed by atoms with Crippen LogP contribution in [0.25, 0.3) is 0 Å². The maximum atomic E-state index is 13.4. The Hall–Kier alpha value is -1.03. The fourth-order valence-electron chi connectivity index (χ4n) is 1.28. The molecule has 0 saturated heterocycles. The monoisotopic (exact) mass is 203 g/mol. The molecule has 4 heteroatoms. The lowest BCUT2D eigenvalue weighted by molar-refractivity contribution is 0.424. The predicted octanol–water partition coefficient (Wildman–Crippen LogP) is 2.63. The van der Waals surface area contributed by atoms with Gasteiger partial charge in [-0.25, -0.2) is 8.78 Å². The molecular formula is C10H12F3N. The van der Waals surface area contributed by atoms with Crippen molar-refractivity contribution in [3.63, 3.8) is 0 Å². The average molecular weight is 203 g/mol. The number of benzene rings is 1. The Bertz CT molecular complexity index is 325. The second-order valence-corrected chi connectivity index (χ2v) is 3.18. The minimum atomic E-state index is -0.917. The van der Waals surface area contributed by atoms with E-state index in [9.17, 15) is 13.2 Å². The summed E-state index contributed by atoms with van der Waals surface area (Å²) in [5.41, 5.74) is 5.55. The summed E-state index contributed by atoms with van der Waals surface area (Å²) in [4.78, 5) is 0. The quantitative estimate of drug-likeness (QED) is 0.802. The first-order valence-electron chi connectivity index (χ1n) is 4.34. The Morgan fingerprint density at radius 1 is 1.36 bits per heavy atom. The van der Waals surface area contributed by atoms with Crippen molar-refractivity contribution in [1.82, 2.24) is 0 Å². The average Bonchev–Trinajstić information content (AvgIpc) is 2.13. The Morgan fingerprint density at radius 2 is 2.00 bits per heavy atom. The molecule has 0 fully saturated rings. The van der Waals surface area contributed by atoms with Crippen LogP contribution in [-0.4, -0.2) is 6.67 Å². The van der Waals surface area contributed by atoms with Crippen LogP contribution in [0.15, 0.2) is 12.1 Å². The zero-order chi connectivity index (χ0) is 10.7. The molecular weight excluding hydrogens is 191 g/mol. The third-order valence-electron chi connectivity index (χ3n) is 2.11. The minimum absolute atomic E-state index is 0.0721. The summed E-state index contributed by atoms with van der Waals surface area (Å²) in [5.74, 6) is -1.39. The van der Waals surface area contributed by atoms with Gasteiger partial charge in [0.1, 0.15) is 11.6 Å². The Kier molecular flexibility index (Phi) is 3.52. The van der Waals surface area contributed by atoms with E-state index in [4.69, 9.17) is 5.73 Å². The molecule has 0 bridgehead atoms. The van der Waals surface area contributed by atoms with Gasteiger partial charge in [-0.2, -0.15) is 0 Å². The van der Waals surface area contributed by atoms with E-state index in [-0.39, 0.29) is 12.0 Å².